The van der Waals surface area contributed by atoms with Gasteiger partial charge in [0.15, 0.2) is 0 Å². The summed E-state index contributed by atoms with van der Waals surface area (Å²) in [5.74, 6) is -1.08. The Morgan fingerprint density at radius 3 is 2.21 bits per heavy atom. The molecule has 0 aliphatic heterocycles. The van der Waals surface area contributed by atoms with E-state index in [1.54, 1.807) is 45.0 Å². The highest BCUT2D eigenvalue weighted by molar-refractivity contribution is 5.89. The average Bonchev–Trinajstić information content (AvgIpc) is 2.74. The summed E-state index contributed by atoms with van der Waals surface area (Å²) in [7, 11) is 1.47. The molecule has 9 heteroatoms. The lowest BCUT2D eigenvalue weighted by molar-refractivity contribution is -0.136. The third-order valence-corrected chi connectivity index (χ3v) is 4.77. The van der Waals surface area contributed by atoms with Crippen molar-refractivity contribution in [3.63, 3.8) is 0 Å². The smallest absolute Gasteiger partial charge is 0.408 e. The van der Waals surface area contributed by atoms with E-state index in [9.17, 15) is 23.9 Å². The number of carbonyl (C=O) groups excluding carboxylic acids is 3. The molecule has 2 rings (SSSR count). The molecule has 3 amide bonds. The number of amides is 3. The molecule has 184 valence electrons. The van der Waals surface area contributed by atoms with Crippen molar-refractivity contribution in [2.75, 3.05) is 20.1 Å². The summed E-state index contributed by atoms with van der Waals surface area (Å²) in [5, 5.41) is 14.6. The molecule has 2 aromatic rings. The first kappa shape index (κ1) is 26.6. The molecule has 1 atom stereocenters. The Balaban J connectivity index is 1.97. The van der Waals surface area contributed by atoms with Gasteiger partial charge in [-0.15, -0.1) is 0 Å². The number of phenolic OH excluding ortho intramolecular Hbond substituents is 1. The van der Waals surface area contributed by atoms with Crippen LogP contribution in [0.4, 0.5) is 9.18 Å². The minimum atomic E-state index is -1.00. The van der Waals surface area contributed by atoms with Crippen molar-refractivity contribution >= 4 is 17.9 Å². The number of likely N-dealkylation sites (N-methyl/N-ethyl adjacent to an activating group) is 1. The van der Waals surface area contributed by atoms with Gasteiger partial charge in [0.05, 0.1) is 6.54 Å². The number of hydrogen-bond donors (Lipinski definition) is 3. The van der Waals surface area contributed by atoms with E-state index in [0.717, 1.165) is 5.56 Å². The second-order valence-electron chi connectivity index (χ2n) is 8.99. The third kappa shape index (κ3) is 9.48. The fourth-order valence-electron chi connectivity index (χ4n) is 3.13. The number of benzene rings is 2. The van der Waals surface area contributed by atoms with Crippen LogP contribution in [-0.4, -0.2) is 59.7 Å². The first-order valence-electron chi connectivity index (χ1n) is 11.0. The van der Waals surface area contributed by atoms with Gasteiger partial charge in [-0.1, -0.05) is 24.3 Å². The molecule has 3 N–H and O–H groups in total. The average molecular weight is 474 g/mol. The number of ether oxygens (including phenoxy) is 1. The maximum atomic E-state index is 13.3. The Bertz CT molecular complexity index is 972. The number of nitrogens with zero attached hydrogens (tertiary/aromatic N) is 1. The molecule has 0 aliphatic carbocycles. The van der Waals surface area contributed by atoms with E-state index in [0.29, 0.717) is 18.5 Å². The molecule has 2 aromatic carbocycles. The number of phenols is 1. The van der Waals surface area contributed by atoms with E-state index in [1.807, 2.05) is 0 Å². The maximum absolute atomic E-state index is 13.3. The minimum Gasteiger partial charge on any atom is -0.508 e. The van der Waals surface area contributed by atoms with Crippen LogP contribution in [0.3, 0.4) is 0 Å². The van der Waals surface area contributed by atoms with Crippen molar-refractivity contribution in [1.82, 2.24) is 15.5 Å². The van der Waals surface area contributed by atoms with Gasteiger partial charge in [0.25, 0.3) is 0 Å². The number of rotatable bonds is 9. The second-order valence-corrected chi connectivity index (χ2v) is 8.99. The number of aromatic hydroxyl groups is 1. The highest BCUT2D eigenvalue weighted by Crippen LogP contribution is 2.11. The van der Waals surface area contributed by atoms with Gasteiger partial charge in [-0.25, -0.2) is 9.18 Å². The van der Waals surface area contributed by atoms with Crippen LogP contribution in [0.15, 0.2) is 48.5 Å². The molecule has 0 aliphatic rings. The van der Waals surface area contributed by atoms with Crippen molar-refractivity contribution in [3.8, 4) is 5.75 Å². The van der Waals surface area contributed by atoms with Crippen molar-refractivity contribution in [3.05, 3.63) is 65.5 Å². The van der Waals surface area contributed by atoms with Gasteiger partial charge in [-0.3, -0.25) is 9.59 Å². The zero-order valence-electron chi connectivity index (χ0n) is 19.9. The predicted molar refractivity (Wildman–Crippen MR) is 126 cm³/mol. The summed E-state index contributed by atoms with van der Waals surface area (Å²) in [5.41, 5.74) is 0.836. The molecule has 0 spiro atoms. The molecular weight excluding hydrogens is 441 g/mol. The van der Waals surface area contributed by atoms with Gasteiger partial charge in [0.2, 0.25) is 11.8 Å². The molecule has 8 nitrogen and oxygen atoms in total. The lowest BCUT2D eigenvalue weighted by atomic mass is 10.0. The van der Waals surface area contributed by atoms with Gasteiger partial charge < -0.3 is 25.4 Å². The van der Waals surface area contributed by atoms with Crippen molar-refractivity contribution in [2.45, 2.75) is 45.3 Å². The van der Waals surface area contributed by atoms with E-state index in [1.165, 1.54) is 36.2 Å². The Morgan fingerprint density at radius 1 is 1.03 bits per heavy atom. The number of halogens is 1. The molecule has 0 unspecified atom stereocenters. The van der Waals surface area contributed by atoms with Gasteiger partial charge >= 0.3 is 6.09 Å². The van der Waals surface area contributed by atoms with Gasteiger partial charge in [-0.05, 0) is 62.6 Å². The standard InChI is InChI=1S/C25H32FN3O5/c1-25(2,3)34-24(33)28-21(15-18-5-9-19(26)10-6-18)23(32)29(4)16-22(31)27-14-13-17-7-11-20(30)12-8-17/h5-12,21,30H,13-16H2,1-4H3,(H,27,31)(H,28,33)/t21-/m0/s1. The predicted octanol–water partition coefficient (Wildman–Crippen LogP) is 2.78. The molecule has 0 bridgehead atoms. The van der Waals surface area contributed by atoms with Gasteiger partial charge in [-0.2, -0.15) is 0 Å². The summed E-state index contributed by atoms with van der Waals surface area (Å²) >= 11 is 0. The molecule has 0 heterocycles. The van der Waals surface area contributed by atoms with Crippen LogP contribution < -0.4 is 10.6 Å². The van der Waals surface area contributed by atoms with Crippen LogP contribution in [-0.2, 0) is 27.2 Å². The summed E-state index contributed by atoms with van der Waals surface area (Å²) < 4.78 is 18.5. The number of hydrogen-bond acceptors (Lipinski definition) is 5. The Morgan fingerprint density at radius 2 is 1.62 bits per heavy atom. The third-order valence-electron chi connectivity index (χ3n) is 4.77. The minimum absolute atomic E-state index is 0.102. The Labute approximate surface area is 199 Å². The second kappa shape index (κ2) is 12.0. The van der Waals surface area contributed by atoms with Crippen molar-refractivity contribution in [2.24, 2.45) is 0 Å². The fraction of sp³-hybridized carbons (Fsp3) is 0.400. The molecule has 0 saturated heterocycles. The van der Waals surface area contributed by atoms with Crippen molar-refractivity contribution < 1.29 is 28.6 Å². The van der Waals surface area contributed by atoms with E-state index in [4.69, 9.17) is 4.74 Å². The zero-order chi connectivity index (χ0) is 25.3. The van der Waals surface area contributed by atoms with E-state index in [-0.39, 0.29) is 24.6 Å². The topological polar surface area (TPSA) is 108 Å². The van der Waals surface area contributed by atoms with Gasteiger partial charge in [0, 0.05) is 20.0 Å². The first-order chi connectivity index (χ1) is 15.9. The molecule has 34 heavy (non-hydrogen) atoms. The number of nitrogens with one attached hydrogen (secondary N) is 2. The lowest BCUT2D eigenvalue weighted by Crippen LogP contribution is -2.51. The number of carbonyl (C=O) groups is 3. The SMILES string of the molecule is CN(CC(=O)NCCc1ccc(O)cc1)C(=O)[C@H](Cc1ccc(F)cc1)NC(=O)OC(C)(C)C. The van der Waals surface area contributed by atoms with Crippen LogP contribution in [0.5, 0.6) is 5.75 Å². The summed E-state index contributed by atoms with van der Waals surface area (Å²) in [6.07, 6.45) is -0.0953. The van der Waals surface area contributed by atoms with E-state index >= 15 is 0 Å². The summed E-state index contributed by atoms with van der Waals surface area (Å²) in [4.78, 5) is 38.9. The van der Waals surface area contributed by atoms with E-state index in [2.05, 4.69) is 10.6 Å². The van der Waals surface area contributed by atoms with E-state index < -0.39 is 29.5 Å². The molecular formula is C25H32FN3O5. The van der Waals surface area contributed by atoms with Gasteiger partial charge in [0.1, 0.15) is 23.2 Å². The molecule has 0 aromatic heterocycles. The summed E-state index contributed by atoms with van der Waals surface area (Å²) in [6.45, 7) is 5.28. The summed E-state index contributed by atoms with van der Waals surface area (Å²) in [6, 6.07) is 11.3. The quantitative estimate of drug-likeness (QED) is 0.519. The maximum Gasteiger partial charge on any atom is 0.408 e. The Kier molecular flexibility index (Phi) is 9.41. The molecule has 0 radical (unpaired) electrons. The molecule has 0 saturated carbocycles. The highest BCUT2D eigenvalue weighted by atomic mass is 19.1. The zero-order valence-corrected chi connectivity index (χ0v) is 19.9. The largest absolute Gasteiger partial charge is 0.508 e. The van der Waals surface area contributed by atoms with Crippen LogP contribution in [0.25, 0.3) is 0 Å². The van der Waals surface area contributed by atoms with Crippen molar-refractivity contribution in [1.29, 1.82) is 0 Å². The molecule has 0 fully saturated rings. The lowest BCUT2D eigenvalue weighted by Gasteiger charge is -2.26. The monoisotopic (exact) mass is 473 g/mol. The highest BCUT2D eigenvalue weighted by Gasteiger charge is 2.27. The van der Waals surface area contributed by atoms with Crippen LogP contribution in [0.1, 0.15) is 31.9 Å². The van der Waals surface area contributed by atoms with Crippen LogP contribution in [0, 0.1) is 5.82 Å². The number of alkyl carbamates (subject to hydrolysis) is 1. The van der Waals surface area contributed by atoms with Crippen LogP contribution in [0.2, 0.25) is 0 Å². The first-order valence-corrected chi connectivity index (χ1v) is 11.0. The van der Waals surface area contributed by atoms with Crippen LogP contribution >= 0.6 is 0 Å². The fourth-order valence-corrected chi connectivity index (χ4v) is 3.13. The normalized spacial score (nSPS) is 11.9. The Hall–Kier alpha value is -3.62.